The number of thiazole rings is 1. The Morgan fingerprint density at radius 3 is 2.65 bits per heavy atom. The van der Waals surface area contributed by atoms with Crippen LogP contribution in [0.2, 0.25) is 0 Å². The molecular formula is C13H20N2O4S. The van der Waals surface area contributed by atoms with E-state index in [1.807, 2.05) is 0 Å². The number of carbonyl (C=O) groups is 2. The zero-order chi connectivity index (χ0) is 15.3. The maximum absolute atomic E-state index is 12.0. The van der Waals surface area contributed by atoms with Gasteiger partial charge in [0.05, 0.1) is 17.7 Å². The molecule has 6 nitrogen and oxygen atoms in total. The van der Waals surface area contributed by atoms with E-state index in [4.69, 9.17) is 9.84 Å². The number of hydrogen-bond donors (Lipinski definition) is 2. The number of nitrogens with zero attached hydrogens (tertiary/aromatic N) is 1. The van der Waals surface area contributed by atoms with Crippen LogP contribution in [0.4, 0.5) is 0 Å². The summed E-state index contributed by atoms with van der Waals surface area (Å²) < 4.78 is 4.98. The Balaban J connectivity index is 2.57. The van der Waals surface area contributed by atoms with Crippen molar-refractivity contribution in [2.24, 2.45) is 5.41 Å². The minimum atomic E-state index is -0.872. The third-order valence-electron chi connectivity index (χ3n) is 2.93. The van der Waals surface area contributed by atoms with Crippen molar-refractivity contribution in [1.82, 2.24) is 10.3 Å². The lowest BCUT2D eigenvalue weighted by molar-refractivity contribution is -0.147. The summed E-state index contributed by atoms with van der Waals surface area (Å²) in [6.07, 6.45) is 0.372. The molecular weight excluding hydrogens is 280 g/mol. The molecule has 1 rings (SSSR count). The molecule has 0 aromatic carbocycles. The first kappa shape index (κ1) is 16.6. The minimum absolute atomic E-state index is 0.219. The highest BCUT2D eigenvalue weighted by atomic mass is 32.1. The fourth-order valence-electron chi connectivity index (χ4n) is 1.52. The van der Waals surface area contributed by atoms with E-state index < -0.39 is 11.4 Å². The summed E-state index contributed by atoms with van der Waals surface area (Å²) in [6, 6.07) is 0. The number of carboxylic acids is 1. The summed E-state index contributed by atoms with van der Waals surface area (Å²) >= 11 is 1.29. The lowest BCUT2D eigenvalue weighted by Gasteiger charge is -2.18. The highest BCUT2D eigenvalue weighted by molar-refractivity contribution is 7.13. The molecule has 0 spiro atoms. The van der Waals surface area contributed by atoms with Crippen molar-refractivity contribution in [2.75, 3.05) is 13.7 Å². The molecule has 0 saturated carbocycles. The number of nitrogens with one attached hydrogen (secondary N) is 1. The van der Waals surface area contributed by atoms with Crippen LogP contribution in [-0.4, -0.2) is 35.6 Å². The van der Waals surface area contributed by atoms with E-state index in [0.717, 1.165) is 5.01 Å². The Bertz CT molecular complexity index is 497. The van der Waals surface area contributed by atoms with Gasteiger partial charge < -0.3 is 15.2 Å². The van der Waals surface area contributed by atoms with Crippen molar-refractivity contribution < 1.29 is 19.4 Å². The van der Waals surface area contributed by atoms with E-state index in [-0.39, 0.29) is 5.91 Å². The molecule has 7 heteroatoms. The van der Waals surface area contributed by atoms with Crippen molar-refractivity contribution in [3.63, 3.8) is 0 Å². The smallest absolute Gasteiger partial charge is 0.309 e. The van der Waals surface area contributed by atoms with Crippen LogP contribution in [0.15, 0.2) is 0 Å². The van der Waals surface area contributed by atoms with Gasteiger partial charge in [-0.1, -0.05) is 0 Å². The molecule has 2 N–H and O–H groups in total. The first-order valence-corrected chi connectivity index (χ1v) is 7.06. The molecule has 0 bridgehead atoms. The number of carbonyl (C=O) groups excluding carboxylic acids is 1. The topological polar surface area (TPSA) is 88.5 Å². The number of methoxy groups -OCH3 is 1. The van der Waals surface area contributed by atoms with Crippen LogP contribution in [0.1, 0.15) is 40.6 Å². The Kier molecular flexibility index (Phi) is 5.64. The third-order valence-corrected chi connectivity index (χ3v) is 4.06. The van der Waals surface area contributed by atoms with Crippen molar-refractivity contribution in [1.29, 1.82) is 0 Å². The highest BCUT2D eigenvalue weighted by Gasteiger charge is 2.26. The Labute approximate surface area is 122 Å². The van der Waals surface area contributed by atoms with Gasteiger partial charge in [-0.15, -0.1) is 11.3 Å². The molecule has 1 heterocycles. The number of hydrogen-bond acceptors (Lipinski definition) is 5. The van der Waals surface area contributed by atoms with Gasteiger partial charge in [-0.25, -0.2) is 4.98 Å². The zero-order valence-electron chi connectivity index (χ0n) is 12.1. The maximum Gasteiger partial charge on any atom is 0.309 e. The molecule has 112 valence electrons. The number of amides is 1. The second-order valence-electron chi connectivity index (χ2n) is 5.15. The van der Waals surface area contributed by atoms with Crippen LogP contribution in [0.25, 0.3) is 0 Å². The average Bonchev–Trinajstić information content (AvgIpc) is 2.70. The van der Waals surface area contributed by atoms with Crippen molar-refractivity contribution in [3.8, 4) is 0 Å². The van der Waals surface area contributed by atoms with Crippen molar-refractivity contribution >= 4 is 23.2 Å². The Hall–Kier alpha value is -1.47. The predicted octanol–water partition coefficient (Wildman–Crippen LogP) is 1.83. The van der Waals surface area contributed by atoms with Crippen LogP contribution in [0.5, 0.6) is 0 Å². The quantitative estimate of drug-likeness (QED) is 0.802. The summed E-state index contributed by atoms with van der Waals surface area (Å²) in [5.41, 5.74) is -0.186. The van der Waals surface area contributed by atoms with Crippen LogP contribution >= 0.6 is 11.3 Å². The maximum atomic E-state index is 12.0. The lowest BCUT2D eigenvalue weighted by Crippen LogP contribution is -2.31. The summed E-state index contributed by atoms with van der Waals surface area (Å²) in [5.74, 6) is -1.09. The number of aromatic nitrogens is 1. The highest BCUT2D eigenvalue weighted by Crippen LogP contribution is 2.21. The molecule has 0 atom stereocenters. The average molecular weight is 300 g/mol. The van der Waals surface area contributed by atoms with Crippen LogP contribution < -0.4 is 5.32 Å². The van der Waals surface area contributed by atoms with Gasteiger partial charge in [0.1, 0.15) is 9.88 Å². The monoisotopic (exact) mass is 300 g/mol. The molecule has 1 aromatic heterocycles. The van der Waals surface area contributed by atoms with Gasteiger partial charge >= 0.3 is 5.97 Å². The van der Waals surface area contributed by atoms with Gasteiger partial charge in [0, 0.05) is 13.7 Å². The van der Waals surface area contributed by atoms with Crippen LogP contribution in [0, 0.1) is 12.3 Å². The molecule has 1 amide bonds. The summed E-state index contributed by atoms with van der Waals surface area (Å²) in [4.78, 5) is 27.8. The molecule has 0 unspecified atom stereocenters. The SMILES string of the molecule is COCc1nc(C)c(C(=O)NCCC(C)(C)C(=O)O)s1. The van der Waals surface area contributed by atoms with Gasteiger partial charge in [-0.05, 0) is 27.2 Å². The van der Waals surface area contributed by atoms with Gasteiger partial charge in [-0.2, -0.15) is 0 Å². The Morgan fingerprint density at radius 2 is 2.10 bits per heavy atom. The predicted molar refractivity (Wildman–Crippen MR) is 75.9 cm³/mol. The van der Waals surface area contributed by atoms with Crippen molar-refractivity contribution in [3.05, 3.63) is 15.6 Å². The zero-order valence-corrected chi connectivity index (χ0v) is 13.0. The Morgan fingerprint density at radius 1 is 1.45 bits per heavy atom. The van der Waals surface area contributed by atoms with Crippen LogP contribution in [0.3, 0.4) is 0 Å². The standard InChI is InChI=1S/C13H20N2O4S/c1-8-10(20-9(15-8)7-19-4)11(16)14-6-5-13(2,3)12(17)18/h5-7H2,1-4H3,(H,14,16)(H,17,18). The molecule has 0 aliphatic heterocycles. The summed E-state index contributed by atoms with van der Waals surface area (Å²) in [6.45, 7) is 5.73. The third kappa shape index (κ3) is 4.28. The number of rotatable bonds is 7. The molecule has 0 aliphatic carbocycles. The second kappa shape index (κ2) is 6.81. The number of aryl methyl sites for hydroxylation is 1. The van der Waals surface area contributed by atoms with Gasteiger partial charge in [0.15, 0.2) is 0 Å². The first-order chi connectivity index (χ1) is 9.27. The lowest BCUT2D eigenvalue weighted by atomic mass is 9.90. The fraction of sp³-hybridized carbons (Fsp3) is 0.615. The van der Waals surface area contributed by atoms with Crippen LogP contribution in [-0.2, 0) is 16.1 Å². The molecule has 0 aliphatic rings. The first-order valence-electron chi connectivity index (χ1n) is 6.24. The molecule has 1 aromatic rings. The van der Waals surface area contributed by atoms with E-state index in [0.29, 0.717) is 30.1 Å². The van der Waals surface area contributed by atoms with Crippen molar-refractivity contribution in [2.45, 2.75) is 33.8 Å². The van der Waals surface area contributed by atoms with Gasteiger partial charge in [0.25, 0.3) is 5.91 Å². The number of ether oxygens (including phenoxy) is 1. The normalized spacial score (nSPS) is 11.4. The molecule has 0 fully saturated rings. The largest absolute Gasteiger partial charge is 0.481 e. The second-order valence-corrected chi connectivity index (χ2v) is 6.23. The van der Waals surface area contributed by atoms with E-state index in [1.165, 1.54) is 11.3 Å². The molecule has 0 saturated heterocycles. The van der Waals surface area contributed by atoms with E-state index in [9.17, 15) is 9.59 Å². The number of carboxylic acid groups (broad SMARTS) is 1. The van der Waals surface area contributed by atoms with E-state index in [1.54, 1.807) is 27.9 Å². The number of aliphatic carboxylic acids is 1. The van der Waals surface area contributed by atoms with Gasteiger partial charge in [0.2, 0.25) is 0 Å². The van der Waals surface area contributed by atoms with E-state index in [2.05, 4.69) is 10.3 Å². The van der Waals surface area contributed by atoms with E-state index >= 15 is 0 Å². The summed E-state index contributed by atoms with van der Waals surface area (Å²) in [7, 11) is 1.57. The molecule has 0 radical (unpaired) electrons. The van der Waals surface area contributed by atoms with Gasteiger partial charge in [-0.3, -0.25) is 9.59 Å². The fourth-order valence-corrected chi connectivity index (χ4v) is 2.48. The summed E-state index contributed by atoms with van der Waals surface area (Å²) in [5, 5.41) is 12.5. The minimum Gasteiger partial charge on any atom is -0.481 e. The molecule has 20 heavy (non-hydrogen) atoms.